The molecule has 322 valence electrons. The first-order valence-corrected chi connectivity index (χ1v) is 24.3. The molecule has 0 fully saturated rings. The Balaban J connectivity index is 0.000000110. The molecule has 8 aliphatic rings. The van der Waals surface area contributed by atoms with E-state index in [0.29, 0.717) is 0 Å². The molecule has 0 N–H and O–H groups in total. The third-order valence-electron chi connectivity index (χ3n) is 14.7. The Hall–Kier alpha value is -6.50. The van der Waals surface area contributed by atoms with E-state index in [1.807, 2.05) is 27.7 Å². The Kier molecular flexibility index (Phi) is 11.6. The molecule has 0 amide bonds. The average molecular weight is 843 g/mol. The van der Waals surface area contributed by atoms with E-state index in [4.69, 9.17) is 0 Å². The summed E-state index contributed by atoms with van der Waals surface area (Å²) in [5.41, 5.74) is 36.2. The molecule has 0 saturated carbocycles. The number of rotatable bonds is 0. The van der Waals surface area contributed by atoms with Crippen LogP contribution in [0.4, 0.5) is 0 Å². The first kappa shape index (κ1) is 42.5. The van der Waals surface area contributed by atoms with Crippen LogP contribution in [0.15, 0.2) is 169 Å². The number of benzene rings is 7. The van der Waals surface area contributed by atoms with E-state index in [9.17, 15) is 0 Å². The quantitative estimate of drug-likeness (QED) is 0.143. The summed E-state index contributed by atoms with van der Waals surface area (Å²) in [6.07, 6.45) is 20.9. The molecule has 8 aliphatic carbocycles. The van der Waals surface area contributed by atoms with Crippen LogP contribution in [0.5, 0.6) is 0 Å². The number of hydrogen-bond donors (Lipinski definition) is 0. The van der Waals surface area contributed by atoms with E-state index in [-0.39, 0.29) is 7.43 Å². The maximum Gasteiger partial charge on any atom is -0.000718 e. The molecule has 0 atom stereocenters. The van der Waals surface area contributed by atoms with Gasteiger partial charge in [0, 0.05) is 0 Å². The fourth-order valence-electron chi connectivity index (χ4n) is 12.0. The van der Waals surface area contributed by atoms with Crippen molar-refractivity contribution in [2.45, 2.75) is 99.3 Å². The van der Waals surface area contributed by atoms with E-state index in [0.717, 1.165) is 38.5 Å². The molecule has 0 spiro atoms. The average Bonchev–Trinajstić information content (AvgIpc) is 4.21. The summed E-state index contributed by atoms with van der Waals surface area (Å²) in [6.45, 7) is 8.00. The molecule has 7 aromatic carbocycles. The zero-order valence-corrected chi connectivity index (χ0v) is 38.1. The van der Waals surface area contributed by atoms with Crippen LogP contribution in [0.25, 0.3) is 55.7 Å². The highest BCUT2D eigenvalue weighted by Gasteiger charge is 2.30. The second-order valence-electron chi connectivity index (χ2n) is 18.0. The molecule has 0 heterocycles. The van der Waals surface area contributed by atoms with Gasteiger partial charge in [0.25, 0.3) is 0 Å². The molecule has 0 bridgehead atoms. The minimum atomic E-state index is 0. The predicted molar refractivity (Wildman–Crippen MR) is 280 cm³/mol. The van der Waals surface area contributed by atoms with Gasteiger partial charge in [-0.15, -0.1) is 0 Å². The van der Waals surface area contributed by atoms with Gasteiger partial charge in [-0.3, -0.25) is 0 Å². The highest BCUT2D eigenvalue weighted by Crippen LogP contribution is 2.49. The fourth-order valence-corrected chi connectivity index (χ4v) is 12.0. The van der Waals surface area contributed by atoms with Crippen LogP contribution in [0, 0.1) is 0 Å². The van der Waals surface area contributed by atoms with Gasteiger partial charge in [0.2, 0.25) is 0 Å². The second kappa shape index (κ2) is 17.8. The van der Waals surface area contributed by atoms with Crippen molar-refractivity contribution in [3.63, 3.8) is 0 Å². The SMILES string of the molecule is C.C1=CC2=C(CC1)c1cc3c(cc1C2)-c1ccccc1C3.C1=CC2=C(CC1)c1cc3c(cc1C2)Cc1ccccc1-3.CC.CC.c1ccc2c(c1)Cc1c-2ccc2c1-c1ccccc1C2. The molecular weight excluding hydrogens is 781 g/mol. The van der Waals surface area contributed by atoms with Crippen molar-refractivity contribution in [3.05, 3.63) is 236 Å². The molecule has 0 heteroatoms. The van der Waals surface area contributed by atoms with Gasteiger partial charge in [-0.2, -0.15) is 0 Å². The molecule has 0 saturated heterocycles. The predicted octanol–water partition coefficient (Wildman–Crippen LogP) is 17.4. The number of fused-ring (bicyclic) bond motifs is 17. The molecule has 0 aliphatic heterocycles. The van der Waals surface area contributed by atoms with Gasteiger partial charge in [-0.1, -0.05) is 181 Å². The fraction of sp³-hybridized carbons (Fsp3) is 0.231. The maximum atomic E-state index is 2.48. The maximum absolute atomic E-state index is 2.48. The second-order valence-corrected chi connectivity index (χ2v) is 18.0. The molecule has 0 nitrogen and oxygen atoms in total. The van der Waals surface area contributed by atoms with Crippen LogP contribution in [-0.2, 0) is 38.5 Å². The smallest absolute Gasteiger partial charge is 0.000718 e. The van der Waals surface area contributed by atoms with E-state index in [1.165, 1.54) is 131 Å². The Labute approximate surface area is 388 Å². The number of hydrogen-bond acceptors (Lipinski definition) is 0. The van der Waals surface area contributed by atoms with Crippen LogP contribution in [0.1, 0.15) is 128 Å². The summed E-state index contributed by atoms with van der Waals surface area (Å²) in [6, 6.07) is 50.0. The molecular formula is C65H62. The van der Waals surface area contributed by atoms with Gasteiger partial charge in [-0.25, -0.2) is 0 Å². The van der Waals surface area contributed by atoms with Crippen molar-refractivity contribution >= 4 is 11.1 Å². The monoisotopic (exact) mass is 842 g/mol. The summed E-state index contributed by atoms with van der Waals surface area (Å²) in [4.78, 5) is 0. The van der Waals surface area contributed by atoms with Gasteiger partial charge < -0.3 is 0 Å². The summed E-state index contributed by atoms with van der Waals surface area (Å²) in [5, 5.41) is 0. The van der Waals surface area contributed by atoms with Gasteiger partial charge in [0.1, 0.15) is 0 Å². The zero-order valence-electron chi connectivity index (χ0n) is 38.1. The van der Waals surface area contributed by atoms with Crippen molar-refractivity contribution < 1.29 is 0 Å². The van der Waals surface area contributed by atoms with Gasteiger partial charge in [-0.05, 0) is 210 Å². The minimum absolute atomic E-state index is 0. The van der Waals surface area contributed by atoms with E-state index in [1.54, 1.807) is 27.9 Å². The van der Waals surface area contributed by atoms with Gasteiger partial charge in [0.15, 0.2) is 0 Å². The van der Waals surface area contributed by atoms with Crippen LogP contribution in [0.2, 0.25) is 0 Å². The van der Waals surface area contributed by atoms with Crippen molar-refractivity contribution in [1.29, 1.82) is 0 Å². The molecule has 0 aromatic heterocycles. The Morgan fingerprint density at radius 2 is 0.723 bits per heavy atom. The Morgan fingerprint density at radius 1 is 0.308 bits per heavy atom. The third kappa shape index (κ3) is 7.23. The lowest BCUT2D eigenvalue weighted by Gasteiger charge is -2.11. The lowest BCUT2D eigenvalue weighted by molar-refractivity contribution is 1.04. The topological polar surface area (TPSA) is 0 Å². The van der Waals surface area contributed by atoms with E-state index < -0.39 is 0 Å². The first-order chi connectivity index (χ1) is 31.7. The standard InChI is InChI=1S/C20H14.2C20H16.2C2H6.CH4/c1-3-7-16-14(6-1)12-19-18(16)10-9-15-11-13-5-2-4-8-17(13)20(15)19;1-3-7-17-13(5-1)9-15-11-20-16(12-19(15)17)10-14-6-2-4-8-18(14)20;1-3-7-17-13(5-1)9-15-11-16-10-14-6-2-4-8-18(14)20(16)12-19(15)17;2*1-2;/h1-10H,11-12H2;2*1-3,5-7,11-12H,4,8-10H2;2*1-2H3;1H4. The van der Waals surface area contributed by atoms with Crippen LogP contribution >= 0.6 is 0 Å². The lowest BCUT2D eigenvalue weighted by atomic mass is 9.94. The lowest BCUT2D eigenvalue weighted by Crippen LogP contribution is -1.90. The van der Waals surface area contributed by atoms with Crippen LogP contribution < -0.4 is 0 Å². The summed E-state index contributed by atoms with van der Waals surface area (Å²) in [7, 11) is 0. The summed E-state index contributed by atoms with van der Waals surface area (Å²) in [5.74, 6) is 0. The van der Waals surface area contributed by atoms with Gasteiger partial charge >= 0.3 is 0 Å². The molecule has 7 aromatic rings. The normalized spacial score (nSPS) is 15.3. The minimum Gasteiger partial charge on any atom is -0.0839 e. The molecule has 15 rings (SSSR count). The Morgan fingerprint density at radius 3 is 1.32 bits per heavy atom. The van der Waals surface area contributed by atoms with Crippen molar-refractivity contribution in [2.75, 3.05) is 0 Å². The van der Waals surface area contributed by atoms with Crippen LogP contribution in [0.3, 0.4) is 0 Å². The Bertz CT molecular complexity index is 3130. The van der Waals surface area contributed by atoms with Crippen molar-refractivity contribution in [2.24, 2.45) is 0 Å². The van der Waals surface area contributed by atoms with Crippen molar-refractivity contribution in [1.82, 2.24) is 0 Å². The molecule has 65 heavy (non-hydrogen) atoms. The largest absolute Gasteiger partial charge is 0.0839 e. The highest BCUT2D eigenvalue weighted by molar-refractivity contribution is 5.90. The molecule has 0 radical (unpaired) electrons. The van der Waals surface area contributed by atoms with E-state index >= 15 is 0 Å². The summed E-state index contributed by atoms with van der Waals surface area (Å²) < 4.78 is 0. The first-order valence-electron chi connectivity index (χ1n) is 24.3. The van der Waals surface area contributed by atoms with Crippen LogP contribution in [-0.4, -0.2) is 0 Å². The highest BCUT2D eigenvalue weighted by atomic mass is 14.3. The van der Waals surface area contributed by atoms with Gasteiger partial charge in [0.05, 0.1) is 0 Å². The summed E-state index contributed by atoms with van der Waals surface area (Å²) >= 11 is 0. The molecule has 0 unspecified atom stereocenters. The third-order valence-corrected chi connectivity index (χ3v) is 14.7. The van der Waals surface area contributed by atoms with E-state index in [2.05, 4.69) is 158 Å². The van der Waals surface area contributed by atoms with Crippen molar-refractivity contribution in [3.8, 4) is 44.5 Å². The number of allylic oxidation sites excluding steroid dienone is 8. The zero-order chi connectivity index (χ0) is 43.3.